The molecule has 0 atom stereocenters. The van der Waals surface area contributed by atoms with Gasteiger partial charge in [0.2, 0.25) is 5.91 Å². The van der Waals surface area contributed by atoms with E-state index < -0.39 is 5.91 Å². The largest absolute Gasteiger partial charge is 0.484 e. The average Bonchev–Trinajstić information content (AvgIpc) is 2.73. The maximum Gasteiger partial charge on any atom is 0.255 e. The Hall–Kier alpha value is -4.06. The van der Waals surface area contributed by atoms with E-state index in [2.05, 4.69) is 5.32 Å². The van der Waals surface area contributed by atoms with Gasteiger partial charge in [-0.1, -0.05) is 24.3 Å². The van der Waals surface area contributed by atoms with Crippen molar-refractivity contribution in [2.24, 2.45) is 5.73 Å². The Morgan fingerprint density at radius 3 is 2.30 bits per heavy atom. The zero-order chi connectivity index (χ0) is 21.3. The van der Waals surface area contributed by atoms with Crippen molar-refractivity contribution in [1.82, 2.24) is 0 Å². The minimum atomic E-state index is -0.537. The summed E-state index contributed by atoms with van der Waals surface area (Å²) in [7, 11) is 0. The van der Waals surface area contributed by atoms with Crippen molar-refractivity contribution in [2.75, 3.05) is 11.9 Å². The van der Waals surface area contributed by atoms with Crippen LogP contribution in [0.4, 0.5) is 5.69 Å². The summed E-state index contributed by atoms with van der Waals surface area (Å²) in [6.07, 6.45) is 3.12. The molecule has 0 saturated carbocycles. The van der Waals surface area contributed by atoms with Crippen LogP contribution in [0.25, 0.3) is 6.08 Å². The first-order valence-corrected chi connectivity index (χ1v) is 9.33. The maximum absolute atomic E-state index is 12.1. The molecule has 30 heavy (non-hydrogen) atoms. The number of carbonyl (C=O) groups excluding carboxylic acids is 2. The van der Waals surface area contributed by atoms with Gasteiger partial charge in [-0.15, -0.1) is 0 Å². The monoisotopic (exact) mass is 402 g/mol. The van der Waals surface area contributed by atoms with E-state index >= 15 is 0 Å². The fraction of sp³-hybridized carbons (Fsp3) is 0.0833. The van der Waals surface area contributed by atoms with Crippen LogP contribution in [0.5, 0.6) is 17.2 Å². The van der Waals surface area contributed by atoms with Crippen molar-refractivity contribution in [2.45, 2.75) is 6.92 Å². The van der Waals surface area contributed by atoms with Gasteiger partial charge in [-0.2, -0.15) is 0 Å². The molecule has 0 saturated heterocycles. The number of nitrogens with one attached hydrogen (secondary N) is 1. The molecular weight excluding hydrogens is 380 g/mol. The summed E-state index contributed by atoms with van der Waals surface area (Å²) in [5.74, 6) is 1.19. The van der Waals surface area contributed by atoms with E-state index in [4.69, 9.17) is 15.2 Å². The first-order valence-electron chi connectivity index (χ1n) is 9.33. The van der Waals surface area contributed by atoms with Gasteiger partial charge in [0, 0.05) is 11.8 Å². The SMILES string of the molecule is Cc1cccc(Oc2ccc(NC(=O)/C=C/c3ccc(OCC(N)=O)cc3)cc2)c1. The third-order valence-corrected chi connectivity index (χ3v) is 4.04. The van der Waals surface area contributed by atoms with Crippen LogP contribution in [0, 0.1) is 6.92 Å². The maximum atomic E-state index is 12.1. The number of rotatable bonds is 8. The van der Waals surface area contributed by atoms with Crippen molar-refractivity contribution in [3.8, 4) is 17.2 Å². The normalized spacial score (nSPS) is 10.6. The van der Waals surface area contributed by atoms with Crippen LogP contribution in [0.1, 0.15) is 11.1 Å². The first kappa shape index (κ1) is 20.7. The minimum Gasteiger partial charge on any atom is -0.484 e. The summed E-state index contributed by atoms with van der Waals surface area (Å²) < 4.78 is 11.0. The van der Waals surface area contributed by atoms with Crippen LogP contribution in [-0.4, -0.2) is 18.4 Å². The minimum absolute atomic E-state index is 0.174. The molecule has 6 nitrogen and oxygen atoms in total. The molecule has 3 rings (SSSR count). The highest BCUT2D eigenvalue weighted by atomic mass is 16.5. The fourth-order valence-electron chi connectivity index (χ4n) is 2.61. The summed E-state index contributed by atoms with van der Waals surface area (Å²) in [6, 6.07) is 21.9. The molecule has 0 aliphatic rings. The summed E-state index contributed by atoms with van der Waals surface area (Å²) in [6.45, 7) is 1.83. The lowest BCUT2D eigenvalue weighted by molar-refractivity contribution is -0.120. The molecule has 0 spiro atoms. The molecular formula is C24H22N2O4. The molecule has 3 aromatic rings. The number of benzene rings is 3. The van der Waals surface area contributed by atoms with Crippen LogP contribution in [0.2, 0.25) is 0 Å². The second-order valence-corrected chi connectivity index (χ2v) is 6.59. The molecule has 152 valence electrons. The predicted octanol–water partition coefficient (Wildman–Crippen LogP) is 4.30. The molecule has 0 bridgehead atoms. The van der Waals surface area contributed by atoms with Gasteiger partial charge in [-0.25, -0.2) is 0 Å². The Kier molecular flexibility index (Phi) is 6.84. The molecule has 6 heteroatoms. The van der Waals surface area contributed by atoms with E-state index in [0.717, 1.165) is 16.9 Å². The number of primary amides is 1. The molecule has 3 aromatic carbocycles. The van der Waals surface area contributed by atoms with Gasteiger partial charge < -0.3 is 20.5 Å². The van der Waals surface area contributed by atoms with Crippen LogP contribution in [-0.2, 0) is 9.59 Å². The molecule has 0 aliphatic heterocycles. The molecule has 0 aliphatic carbocycles. The summed E-state index contributed by atoms with van der Waals surface area (Å²) in [5.41, 5.74) is 7.64. The van der Waals surface area contributed by atoms with Gasteiger partial charge >= 0.3 is 0 Å². The van der Waals surface area contributed by atoms with Gasteiger partial charge in [0.15, 0.2) is 6.61 Å². The highest BCUT2D eigenvalue weighted by molar-refractivity contribution is 6.01. The number of nitrogens with two attached hydrogens (primary N) is 1. The van der Waals surface area contributed by atoms with Crippen LogP contribution in [0.15, 0.2) is 78.9 Å². The van der Waals surface area contributed by atoms with E-state index in [-0.39, 0.29) is 12.5 Å². The zero-order valence-electron chi connectivity index (χ0n) is 16.5. The Morgan fingerprint density at radius 2 is 1.63 bits per heavy atom. The van der Waals surface area contributed by atoms with Crippen molar-refractivity contribution < 1.29 is 19.1 Å². The molecule has 0 unspecified atom stereocenters. The van der Waals surface area contributed by atoms with Crippen LogP contribution >= 0.6 is 0 Å². The van der Waals surface area contributed by atoms with Gasteiger partial charge in [0.1, 0.15) is 17.2 Å². The van der Waals surface area contributed by atoms with E-state index in [1.807, 2.05) is 31.2 Å². The topological polar surface area (TPSA) is 90.7 Å². The lowest BCUT2D eigenvalue weighted by atomic mass is 10.2. The summed E-state index contributed by atoms with van der Waals surface area (Å²) in [5, 5.41) is 2.80. The third-order valence-electron chi connectivity index (χ3n) is 4.04. The van der Waals surface area contributed by atoms with Crippen LogP contribution < -0.4 is 20.5 Å². The number of hydrogen-bond acceptors (Lipinski definition) is 4. The quantitative estimate of drug-likeness (QED) is 0.550. The standard InChI is InChI=1S/C24H22N2O4/c1-17-3-2-4-22(15-17)30-21-12-8-19(9-13-21)26-24(28)14-7-18-5-10-20(11-6-18)29-16-23(25)27/h2-15H,16H2,1H3,(H2,25,27)(H,26,28)/b14-7+. The smallest absolute Gasteiger partial charge is 0.255 e. The van der Waals surface area contributed by atoms with Gasteiger partial charge in [-0.3, -0.25) is 9.59 Å². The first-order chi connectivity index (χ1) is 14.5. The number of hydrogen-bond donors (Lipinski definition) is 2. The van der Waals surface area contributed by atoms with E-state index in [9.17, 15) is 9.59 Å². The van der Waals surface area contributed by atoms with E-state index in [1.165, 1.54) is 6.08 Å². The number of carbonyl (C=O) groups is 2. The second kappa shape index (κ2) is 9.93. The van der Waals surface area contributed by atoms with E-state index in [0.29, 0.717) is 17.2 Å². The molecule has 2 amide bonds. The highest BCUT2D eigenvalue weighted by Gasteiger charge is 2.02. The Balaban J connectivity index is 1.52. The van der Waals surface area contributed by atoms with Crippen molar-refractivity contribution in [3.63, 3.8) is 0 Å². The van der Waals surface area contributed by atoms with E-state index in [1.54, 1.807) is 54.6 Å². The van der Waals surface area contributed by atoms with Crippen molar-refractivity contribution in [3.05, 3.63) is 90.0 Å². The fourth-order valence-corrected chi connectivity index (χ4v) is 2.61. The van der Waals surface area contributed by atoms with Gasteiger partial charge in [0.05, 0.1) is 0 Å². The number of amides is 2. The van der Waals surface area contributed by atoms with Gasteiger partial charge in [0.25, 0.3) is 5.91 Å². The summed E-state index contributed by atoms with van der Waals surface area (Å²) in [4.78, 5) is 22.9. The Morgan fingerprint density at radius 1 is 0.933 bits per heavy atom. The van der Waals surface area contributed by atoms with Crippen molar-refractivity contribution in [1.29, 1.82) is 0 Å². The Bertz CT molecular complexity index is 1040. The van der Waals surface area contributed by atoms with Crippen molar-refractivity contribution >= 4 is 23.6 Å². The molecule has 3 N–H and O–H groups in total. The predicted molar refractivity (Wildman–Crippen MR) is 116 cm³/mol. The molecule has 0 fully saturated rings. The Labute approximate surface area is 174 Å². The lowest BCUT2D eigenvalue weighted by Crippen LogP contribution is -2.19. The van der Waals surface area contributed by atoms with Gasteiger partial charge in [-0.05, 0) is 72.7 Å². The molecule has 0 aromatic heterocycles. The second-order valence-electron chi connectivity index (χ2n) is 6.59. The molecule has 0 radical (unpaired) electrons. The number of aryl methyl sites for hydroxylation is 1. The summed E-state index contributed by atoms with van der Waals surface area (Å²) >= 11 is 0. The zero-order valence-corrected chi connectivity index (χ0v) is 16.5. The highest BCUT2D eigenvalue weighted by Crippen LogP contribution is 2.23. The third kappa shape index (κ3) is 6.53. The van der Waals surface area contributed by atoms with Crippen LogP contribution in [0.3, 0.4) is 0 Å². The number of ether oxygens (including phenoxy) is 2. The molecule has 0 heterocycles. The average molecular weight is 402 g/mol. The number of anilines is 1. The lowest BCUT2D eigenvalue weighted by Gasteiger charge is -2.08.